The number of carbonyl (C=O) groups excluding carboxylic acids is 2. The van der Waals surface area contributed by atoms with Gasteiger partial charge in [-0.05, 0) is 37.5 Å². The van der Waals surface area contributed by atoms with Crippen molar-refractivity contribution in [3.05, 3.63) is 28.8 Å². The third-order valence-corrected chi connectivity index (χ3v) is 4.74. The van der Waals surface area contributed by atoms with E-state index in [0.29, 0.717) is 36.8 Å². The molecule has 1 fully saturated rings. The van der Waals surface area contributed by atoms with Crippen LogP contribution in [0.15, 0.2) is 18.2 Å². The zero-order valence-electron chi connectivity index (χ0n) is 14.0. The Hall–Kier alpha value is -1.63. The Morgan fingerprint density at radius 1 is 1.33 bits per heavy atom. The zero-order valence-corrected chi connectivity index (χ0v) is 14.7. The van der Waals surface area contributed by atoms with Crippen LogP contribution in [0.3, 0.4) is 0 Å². The van der Waals surface area contributed by atoms with Gasteiger partial charge in [-0.15, -0.1) is 0 Å². The molecule has 1 aromatic rings. The Morgan fingerprint density at radius 3 is 2.71 bits per heavy atom. The summed E-state index contributed by atoms with van der Waals surface area (Å²) in [6.07, 6.45) is 1.54. The lowest BCUT2D eigenvalue weighted by molar-refractivity contribution is -0.143. The molecule has 1 aliphatic heterocycles. The number of nitrogens with one attached hydrogen (secondary N) is 2. The summed E-state index contributed by atoms with van der Waals surface area (Å²) in [6, 6.07) is 5.37. The first-order valence-electron chi connectivity index (χ1n) is 7.90. The normalized spacial score (nSPS) is 16.5. The fourth-order valence-electron chi connectivity index (χ4n) is 2.73. The summed E-state index contributed by atoms with van der Waals surface area (Å²) in [4.78, 5) is 23.9. The molecule has 1 heterocycles. The number of carbonyl (C=O) groups is 2. The van der Waals surface area contributed by atoms with Crippen LogP contribution in [0.2, 0.25) is 5.02 Å². The van der Waals surface area contributed by atoms with Crippen molar-refractivity contribution in [1.82, 2.24) is 5.32 Å². The highest BCUT2D eigenvalue weighted by molar-refractivity contribution is 6.31. The van der Waals surface area contributed by atoms with Gasteiger partial charge in [0.2, 0.25) is 5.91 Å². The molecule has 0 saturated carbocycles. The number of hydrogen-bond acceptors (Lipinski definition) is 5. The summed E-state index contributed by atoms with van der Waals surface area (Å²) in [5, 5.41) is 6.67. The number of benzene rings is 1. The van der Waals surface area contributed by atoms with Crippen LogP contribution in [0.4, 0.5) is 5.69 Å². The smallest absolute Gasteiger partial charge is 0.307 e. The van der Waals surface area contributed by atoms with E-state index < -0.39 is 5.54 Å². The Balaban J connectivity index is 1.96. The van der Waals surface area contributed by atoms with Crippen LogP contribution in [0.5, 0.6) is 0 Å². The predicted molar refractivity (Wildman–Crippen MR) is 92.2 cm³/mol. The molecular formula is C17H23ClN2O4. The summed E-state index contributed by atoms with van der Waals surface area (Å²) < 4.78 is 10.1. The summed E-state index contributed by atoms with van der Waals surface area (Å²) in [5.74, 6) is -0.480. The minimum Gasteiger partial charge on any atom is -0.469 e. The first kappa shape index (κ1) is 18.7. The molecule has 6 nitrogen and oxygen atoms in total. The lowest BCUT2D eigenvalue weighted by Crippen LogP contribution is -2.53. The average molecular weight is 355 g/mol. The van der Waals surface area contributed by atoms with Crippen molar-refractivity contribution in [2.45, 2.75) is 31.7 Å². The molecular weight excluding hydrogens is 332 g/mol. The third kappa shape index (κ3) is 4.93. The number of amides is 1. The predicted octanol–water partition coefficient (Wildman–Crippen LogP) is 2.29. The quantitative estimate of drug-likeness (QED) is 0.766. The maximum Gasteiger partial charge on any atom is 0.307 e. The molecule has 1 aromatic carbocycles. The van der Waals surface area contributed by atoms with E-state index in [1.54, 1.807) is 18.2 Å². The van der Waals surface area contributed by atoms with E-state index in [1.807, 2.05) is 6.92 Å². The molecule has 0 atom stereocenters. The van der Waals surface area contributed by atoms with Crippen molar-refractivity contribution < 1.29 is 19.1 Å². The largest absolute Gasteiger partial charge is 0.469 e. The second kappa shape index (κ2) is 8.46. The lowest BCUT2D eigenvalue weighted by Gasteiger charge is -2.37. The van der Waals surface area contributed by atoms with Gasteiger partial charge >= 0.3 is 5.97 Å². The Kier molecular flexibility index (Phi) is 6.60. The zero-order chi connectivity index (χ0) is 17.6. The number of methoxy groups -OCH3 is 1. The van der Waals surface area contributed by atoms with Gasteiger partial charge in [0.1, 0.15) is 0 Å². The molecule has 132 valence electrons. The topological polar surface area (TPSA) is 76.7 Å². The van der Waals surface area contributed by atoms with Crippen molar-refractivity contribution in [1.29, 1.82) is 0 Å². The van der Waals surface area contributed by atoms with Crippen LogP contribution < -0.4 is 10.6 Å². The number of halogens is 1. The molecule has 0 aliphatic carbocycles. The molecule has 0 spiro atoms. The van der Waals surface area contributed by atoms with Crippen molar-refractivity contribution in [2.24, 2.45) is 0 Å². The molecule has 7 heteroatoms. The van der Waals surface area contributed by atoms with Crippen molar-refractivity contribution in [3.8, 4) is 0 Å². The number of ether oxygens (including phenoxy) is 2. The highest BCUT2D eigenvalue weighted by atomic mass is 35.5. The second-order valence-electron chi connectivity index (χ2n) is 5.96. The van der Waals surface area contributed by atoms with Gasteiger partial charge in [-0.25, -0.2) is 0 Å². The minimum absolute atomic E-state index is 0.100. The Morgan fingerprint density at radius 2 is 2.04 bits per heavy atom. The van der Waals surface area contributed by atoms with Gasteiger partial charge < -0.3 is 20.1 Å². The van der Waals surface area contributed by atoms with Gasteiger partial charge in [0.05, 0.1) is 20.1 Å². The fourth-order valence-corrected chi connectivity index (χ4v) is 2.91. The van der Waals surface area contributed by atoms with E-state index in [0.717, 1.165) is 5.56 Å². The van der Waals surface area contributed by atoms with Crippen LogP contribution in [-0.4, -0.2) is 44.3 Å². The van der Waals surface area contributed by atoms with Gasteiger partial charge in [-0.2, -0.15) is 0 Å². The summed E-state index contributed by atoms with van der Waals surface area (Å²) in [7, 11) is 1.37. The fraction of sp³-hybridized carbons (Fsp3) is 0.529. The first-order chi connectivity index (χ1) is 11.5. The lowest BCUT2D eigenvalue weighted by atomic mass is 9.86. The maximum absolute atomic E-state index is 12.3. The number of anilines is 1. The first-order valence-corrected chi connectivity index (χ1v) is 8.28. The highest BCUT2D eigenvalue weighted by Crippen LogP contribution is 2.25. The molecule has 1 saturated heterocycles. The molecule has 0 radical (unpaired) electrons. The van der Waals surface area contributed by atoms with Crippen LogP contribution in [-0.2, 0) is 19.1 Å². The van der Waals surface area contributed by atoms with Crippen LogP contribution >= 0.6 is 11.6 Å². The SMILES string of the molecule is COC(=O)CC1(NCC(=O)Nc2cccc(Cl)c2C)CCOCC1. The monoisotopic (exact) mass is 354 g/mol. The van der Waals surface area contributed by atoms with Crippen molar-refractivity contribution in [3.63, 3.8) is 0 Å². The van der Waals surface area contributed by atoms with Crippen LogP contribution in [0.25, 0.3) is 0 Å². The average Bonchev–Trinajstić information content (AvgIpc) is 2.58. The molecule has 0 unspecified atom stereocenters. The highest BCUT2D eigenvalue weighted by Gasteiger charge is 2.35. The van der Waals surface area contributed by atoms with Crippen LogP contribution in [0, 0.1) is 6.92 Å². The molecule has 0 bridgehead atoms. The van der Waals surface area contributed by atoms with Gasteiger partial charge in [0.15, 0.2) is 0 Å². The molecule has 2 rings (SSSR count). The molecule has 1 amide bonds. The van der Waals surface area contributed by atoms with E-state index in [2.05, 4.69) is 10.6 Å². The number of esters is 1. The van der Waals surface area contributed by atoms with Gasteiger partial charge in [0, 0.05) is 29.5 Å². The van der Waals surface area contributed by atoms with E-state index >= 15 is 0 Å². The van der Waals surface area contributed by atoms with Gasteiger partial charge in [-0.1, -0.05) is 17.7 Å². The van der Waals surface area contributed by atoms with E-state index in [4.69, 9.17) is 21.1 Å². The van der Waals surface area contributed by atoms with E-state index in [1.165, 1.54) is 7.11 Å². The molecule has 1 aliphatic rings. The summed E-state index contributed by atoms with van der Waals surface area (Å²) >= 11 is 6.06. The number of rotatable bonds is 6. The standard InChI is InChI=1S/C17H23ClN2O4/c1-12-13(18)4-3-5-14(12)20-15(21)11-19-17(10-16(22)23-2)6-8-24-9-7-17/h3-5,19H,6-11H2,1-2H3,(H,20,21). The number of hydrogen-bond donors (Lipinski definition) is 2. The maximum atomic E-state index is 12.3. The summed E-state index contributed by atoms with van der Waals surface area (Å²) in [5.41, 5.74) is 1.04. The van der Waals surface area contributed by atoms with Crippen molar-refractivity contribution in [2.75, 3.05) is 32.2 Å². The van der Waals surface area contributed by atoms with E-state index in [9.17, 15) is 9.59 Å². The second-order valence-corrected chi connectivity index (χ2v) is 6.37. The Labute approximate surface area is 146 Å². The van der Waals surface area contributed by atoms with Gasteiger partial charge in [-0.3, -0.25) is 9.59 Å². The van der Waals surface area contributed by atoms with Crippen LogP contribution in [0.1, 0.15) is 24.8 Å². The van der Waals surface area contributed by atoms with E-state index in [-0.39, 0.29) is 24.8 Å². The Bertz CT molecular complexity index is 600. The van der Waals surface area contributed by atoms with Gasteiger partial charge in [0.25, 0.3) is 0 Å². The summed E-state index contributed by atoms with van der Waals surface area (Å²) in [6.45, 7) is 3.06. The van der Waals surface area contributed by atoms with Crippen molar-refractivity contribution >= 4 is 29.2 Å². The minimum atomic E-state index is -0.466. The molecule has 24 heavy (non-hydrogen) atoms. The molecule has 0 aromatic heterocycles. The molecule has 2 N–H and O–H groups in total. The third-order valence-electron chi connectivity index (χ3n) is 4.33.